The molecular weight excluding hydrogens is 160 g/mol. The van der Waals surface area contributed by atoms with Crippen LogP contribution in [0.4, 0.5) is 0 Å². The van der Waals surface area contributed by atoms with Gasteiger partial charge in [0.15, 0.2) is 0 Å². The molecule has 5 heteroatoms. The molecule has 2 N–H and O–H groups in total. The molecule has 12 heavy (non-hydrogen) atoms. The third-order valence-corrected chi connectivity index (χ3v) is 1.76. The average Bonchev–Trinajstić information content (AvgIpc) is 1.81. The van der Waals surface area contributed by atoms with Crippen LogP contribution < -0.4 is 5.32 Å². The van der Waals surface area contributed by atoms with E-state index >= 15 is 0 Å². The normalized spacial score (nSPS) is 15.5. The van der Waals surface area contributed by atoms with Crippen molar-refractivity contribution in [3.8, 4) is 0 Å². The van der Waals surface area contributed by atoms with Gasteiger partial charge in [-0.2, -0.15) is 0 Å². The molecule has 1 saturated heterocycles. The predicted molar refractivity (Wildman–Crippen MR) is 41.7 cm³/mol. The molecule has 1 aliphatic rings. The lowest BCUT2D eigenvalue weighted by molar-refractivity contribution is -0.136. The number of likely N-dealkylation sites (tertiary alicyclic amines) is 1. The summed E-state index contributed by atoms with van der Waals surface area (Å²) in [6.07, 6.45) is 1.06. The summed E-state index contributed by atoms with van der Waals surface area (Å²) >= 11 is 0. The van der Waals surface area contributed by atoms with Crippen LogP contribution in [0.5, 0.6) is 0 Å². The molecule has 1 aliphatic heterocycles. The summed E-state index contributed by atoms with van der Waals surface area (Å²) in [6, 6.07) is 0. The van der Waals surface area contributed by atoms with Crippen molar-refractivity contribution in [1.82, 2.24) is 10.2 Å². The third kappa shape index (κ3) is 2.50. The highest BCUT2D eigenvalue weighted by Gasteiger charge is 2.19. The molecule has 0 bridgehead atoms. The van der Waals surface area contributed by atoms with Crippen LogP contribution in [0, 0.1) is 0 Å². The van der Waals surface area contributed by atoms with Gasteiger partial charge >= 0.3 is 5.97 Å². The maximum atomic E-state index is 11.1. The summed E-state index contributed by atoms with van der Waals surface area (Å²) in [7, 11) is 0. The van der Waals surface area contributed by atoms with E-state index in [9.17, 15) is 9.59 Å². The SMILES string of the molecule is O=C(O)CNCC(=O)N1CCC1. The van der Waals surface area contributed by atoms with Crippen molar-refractivity contribution in [3.05, 3.63) is 0 Å². The molecule has 5 nitrogen and oxygen atoms in total. The predicted octanol–water partition coefficient (Wildman–Crippen LogP) is -1.11. The molecule has 1 fully saturated rings. The molecule has 1 heterocycles. The van der Waals surface area contributed by atoms with Crippen LogP contribution in [0.1, 0.15) is 6.42 Å². The molecular formula is C7H12N2O3. The van der Waals surface area contributed by atoms with E-state index in [0.29, 0.717) is 0 Å². The molecule has 0 aliphatic carbocycles. The second kappa shape index (κ2) is 4.06. The minimum atomic E-state index is -0.939. The first-order valence-corrected chi connectivity index (χ1v) is 3.90. The van der Waals surface area contributed by atoms with Gasteiger partial charge in [-0.25, -0.2) is 0 Å². The van der Waals surface area contributed by atoms with Gasteiger partial charge in [-0.3, -0.25) is 14.9 Å². The van der Waals surface area contributed by atoms with Gasteiger partial charge in [0.25, 0.3) is 0 Å². The van der Waals surface area contributed by atoms with Crippen LogP contribution in [0.2, 0.25) is 0 Å². The third-order valence-electron chi connectivity index (χ3n) is 1.76. The number of aliphatic carboxylic acids is 1. The first-order valence-electron chi connectivity index (χ1n) is 3.90. The standard InChI is InChI=1S/C7H12N2O3/c10-6(9-2-1-3-9)4-8-5-7(11)12/h8H,1-5H2,(H,11,12). The molecule has 0 radical (unpaired) electrons. The Hall–Kier alpha value is -1.10. The van der Waals surface area contributed by atoms with Crippen molar-refractivity contribution < 1.29 is 14.7 Å². The monoisotopic (exact) mass is 172 g/mol. The van der Waals surface area contributed by atoms with Gasteiger partial charge in [0.05, 0.1) is 13.1 Å². The van der Waals surface area contributed by atoms with Crippen molar-refractivity contribution in [2.45, 2.75) is 6.42 Å². The topological polar surface area (TPSA) is 69.6 Å². The summed E-state index contributed by atoms with van der Waals surface area (Å²) in [6.45, 7) is 1.60. The van der Waals surface area contributed by atoms with Crippen molar-refractivity contribution in [3.63, 3.8) is 0 Å². The van der Waals surface area contributed by atoms with E-state index in [4.69, 9.17) is 5.11 Å². The van der Waals surface area contributed by atoms with E-state index in [1.165, 1.54) is 0 Å². The van der Waals surface area contributed by atoms with Gasteiger partial charge in [-0.1, -0.05) is 0 Å². The van der Waals surface area contributed by atoms with Gasteiger partial charge in [-0.05, 0) is 6.42 Å². The number of carbonyl (C=O) groups is 2. The van der Waals surface area contributed by atoms with Crippen molar-refractivity contribution in [1.29, 1.82) is 0 Å². The van der Waals surface area contributed by atoms with Gasteiger partial charge in [0, 0.05) is 13.1 Å². The number of rotatable bonds is 4. The highest BCUT2D eigenvalue weighted by molar-refractivity contribution is 5.79. The number of carboxylic acids is 1. The van der Waals surface area contributed by atoms with Crippen LogP contribution in [-0.4, -0.2) is 48.1 Å². The second-order valence-electron chi connectivity index (χ2n) is 2.73. The maximum absolute atomic E-state index is 11.1. The van der Waals surface area contributed by atoms with Crippen molar-refractivity contribution >= 4 is 11.9 Å². The van der Waals surface area contributed by atoms with E-state index in [1.54, 1.807) is 4.90 Å². The molecule has 1 amide bonds. The van der Waals surface area contributed by atoms with Gasteiger partial charge in [-0.15, -0.1) is 0 Å². The van der Waals surface area contributed by atoms with Crippen LogP contribution in [0.25, 0.3) is 0 Å². The molecule has 0 atom stereocenters. The molecule has 0 aromatic heterocycles. The van der Waals surface area contributed by atoms with Gasteiger partial charge in [0.1, 0.15) is 0 Å². The number of carbonyl (C=O) groups excluding carboxylic acids is 1. The maximum Gasteiger partial charge on any atom is 0.317 e. The molecule has 1 rings (SSSR count). The molecule has 0 unspecified atom stereocenters. The number of amides is 1. The van der Waals surface area contributed by atoms with Crippen LogP contribution >= 0.6 is 0 Å². The van der Waals surface area contributed by atoms with Crippen LogP contribution in [0.3, 0.4) is 0 Å². The fraction of sp³-hybridized carbons (Fsp3) is 0.714. The Morgan fingerprint density at radius 3 is 2.42 bits per heavy atom. The van der Waals surface area contributed by atoms with Crippen molar-refractivity contribution in [2.24, 2.45) is 0 Å². The van der Waals surface area contributed by atoms with Crippen LogP contribution in [0.15, 0.2) is 0 Å². The zero-order valence-corrected chi connectivity index (χ0v) is 6.75. The minimum absolute atomic E-state index is 0.0116. The Morgan fingerprint density at radius 2 is 2.00 bits per heavy atom. The Kier molecular flexibility index (Phi) is 3.04. The highest BCUT2D eigenvalue weighted by atomic mass is 16.4. The van der Waals surface area contributed by atoms with E-state index in [-0.39, 0.29) is 19.0 Å². The lowest BCUT2D eigenvalue weighted by Crippen LogP contribution is -2.46. The quantitative estimate of drug-likeness (QED) is 0.564. The number of nitrogens with one attached hydrogen (secondary N) is 1. The Morgan fingerprint density at radius 1 is 1.33 bits per heavy atom. The molecule has 68 valence electrons. The second-order valence-corrected chi connectivity index (χ2v) is 2.73. The van der Waals surface area contributed by atoms with Gasteiger partial charge in [0.2, 0.25) is 5.91 Å². The summed E-state index contributed by atoms with van der Waals surface area (Å²) in [4.78, 5) is 22.8. The Bertz CT molecular complexity index is 189. The first kappa shape index (κ1) is 8.99. The summed E-state index contributed by atoms with van der Waals surface area (Å²) in [5.41, 5.74) is 0. The summed E-state index contributed by atoms with van der Waals surface area (Å²) in [5, 5.41) is 10.8. The van der Waals surface area contributed by atoms with E-state index < -0.39 is 5.97 Å². The number of hydrogen-bond acceptors (Lipinski definition) is 3. The lowest BCUT2D eigenvalue weighted by atomic mass is 10.2. The largest absolute Gasteiger partial charge is 0.480 e. The minimum Gasteiger partial charge on any atom is -0.480 e. The molecule has 0 saturated carbocycles. The van der Waals surface area contributed by atoms with E-state index in [1.807, 2.05) is 0 Å². The zero-order chi connectivity index (χ0) is 8.97. The summed E-state index contributed by atoms with van der Waals surface area (Å²) < 4.78 is 0. The van der Waals surface area contributed by atoms with E-state index in [0.717, 1.165) is 19.5 Å². The first-order chi connectivity index (χ1) is 5.70. The number of nitrogens with zero attached hydrogens (tertiary/aromatic N) is 1. The number of hydrogen-bond donors (Lipinski definition) is 2. The van der Waals surface area contributed by atoms with Crippen LogP contribution in [-0.2, 0) is 9.59 Å². The van der Waals surface area contributed by atoms with E-state index in [2.05, 4.69) is 5.32 Å². The lowest BCUT2D eigenvalue weighted by Gasteiger charge is -2.30. The summed E-state index contributed by atoms with van der Waals surface area (Å²) in [5.74, 6) is -0.950. The van der Waals surface area contributed by atoms with Gasteiger partial charge < -0.3 is 10.0 Å². The molecule has 0 spiro atoms. The molecule has 0 aromatic carbocycles. The Balaban J connectivity index is 2.05. The average molecular weight is 172 g/mol. The van der Waals surface area contributed by atoms with Crippen molar-refractivity contribution in [2.75, 3.05) is 26.2 Å². The fourth-order valence-corrected chi connectivity index (χ4v) is 0.954. The zero-order valence-electron chi connectivity index (χ0n) is 6.75. The smallest absolute Gasteiger partial charge is 0.317 e. The molecule has 0 aromatic rings. The highest BCUT2D eigenvalue weighted by Crippen LogP contribution is 2.04. The number of carboxylic acid groups (broad SMARTS) is 1. The fourth-order valence-electron chi connectivity index (χ4n) is 0.954. The Labute approximate surface area is 70.4 Å².